The van der Waals surface area contributed by atoms with Gasteiger partial charge in [-0.15, -0.1) is 0 Å². The fraction of sp³-hybridized carbons (Fsp3) is 0.455. The molecule has 1 amide bonds. The Kier molecular flexibility index (Phi) is 3.71. The summed E-state index contributed by atoms with van der Waals surface area (Å²) in [6, 6.07) is 3.55. The Morgan fingerprint density at radius 3 is 3.06 bits per heavy atom. The predicted molar refractivity (Wildman–Crippen MR) is 59.2 cm³/mol. The number of hydrogen-bond acceptors (Lipinski definition) is 3. The van der Waals surface area contributed by atoms with Crippen LogP contribution in [0, 0.1) is 0 Å². The molecule has 5 nitrogen and oxygen atoms in total. The van der Waals surface area contributed by atoms with Crippen molar-refractivity contribution in [1.29, 1.82) is 0 Å². The highest BCUT2D eigenvalue weighted by atomic mass is 16.3. The summed E-state index contributed by atoms with van der Waals surface area (Å²) in [6.07, 6.45) is 5.51. The highest BCUT2D eigenvalue weighted by Gasteiger charge is 2.18. The van der Waals surface area contributed by atoms with E-state index in [1.807, 2.05) is 0 Å². The lowest BCUT2D eigenvalue weighted by Crippen LogP contribution is -3.11. The molecule has 1 aromatic heterocycles. The molecule has 2 heterocycles. The molecule has 0 aliphatic carbocycles. The van der Waals surface area contributed by atoms with Crippen LogP contribution >= 0.6 is 0 Å². The number of hydrogen-bond donors (Lipinski definition) is 2. The smallest absolute Gasteiger partial charge is 0.295 e. The molecule has 0 unspecified atom stereocenters. The van der Waals surface area contributed by atoms with Gasteiger partial charge in [0.1, 0.15) is 5.76 Å². The number of likely N-dealkylation sites (tertiary alicyclic amines) is 1. The van der Waals surface area contributed by atoms with Crippen molar-refractivity contribution in [3.05, 3.63) is 24.2 Å². The number of quaternary nitrogens is 1. The second kappa shape index (κ2) is 5.46. The second-order valence-corrected chi connectivity index (χ2v) is 3.94. The van der Waals surface area contributed by atoms with E-state index in [2.05, 4.69) is 10.5 Å². The van der Waals surface area contributed by atoms with Crippen molar-refractivity contribution in [1.82, 2.24) is 5.43 Å². The first-order chi connectivity index (χ1) is 7.84. The van der Waals surface area contributed by atoms with Crippen LogP contribution in [0.2, 0.25) is 0 Å². The summed E-state index contributed by atoms with van der Waals surface area (Å²) in [6.45, 7) is 2.69. The van der Waals surface area contributed by atoms with Gasteiger partial charge in [-0.25, -0.2) is 5.43 Å². The minimum absolute atomic E-state index is 0.0419. The van der Waals surface area contributed by atoms with Crippen molar-refractivity contribution in [2.75, 3.05) is 19.6 Å². The van der Waals surface area contributed by atoms with Gasteiger partial charge in [-0.1, -0.05) is 0 Å². The van der Waals surface area contributed by atoms with Crippen molar-refractivity contribution in [3.63, 3.8) is 0 Å². The van der Waals surface area contributed by atoms with Crippen LogP contribution in [0.5, 0.6) is 0 Å². The molecule has 0 spiro atoms. The Morgan fingerprint density at radius 2 is 2.38 bits per heavy atom. The molecule has 1 saturated heterocycles. The molecule has 2 N–H and O–H groups in total. The van der Waals surface area contributed by atoms with Gasteiger partial charge in [-0.3, -0.25) is 4.79 Å². The topological polar surface area (TPSA) is 59.0 Å². The molecule has 1 fully saturated rings. The highest BCUT2D eigenvalue weighted by molar-refractivity contribution is 5.80. The van der Waals surface area contributed by atoms with E-state index in [1.165, 1.54) is 24.0 Å². The SMILES string of the molecule is O=C(C[NH+]1CCCC1)N/N=C\c1ccco1. The minimum atomic E-state index is -0.0419. The monoisotopic (exact) mass is 222 g/mol. The summed E-state index contributed by atoms with van der Waals surface area (Å²) in [5, 5.41) is 3.82. The summed E-state index contributed by atoms with van der Waals surface area (Å²) in [7, 11) is 0. The van der Waals surface area contributed by atoms with Gasteiger partial charge in [0.25, 0.3) is 5.91 Å². The van der Waals surface area contributed by atoms with Crippen molar-refractivity contribution in [3.8, 4) is 0 Å². The Balaban J connectivity index is 1.71. The van der Waals surface area contributed by atoms with E-state index in [1.54, 1.807) is 18.4 Å². The maximum absolute atomic E-state index is 11.5. The highest BCUT2D eigenvalue weighted by Crippen LogP contribution is 1.94. The maximum Gasteiger partial charge on any atom is 0.295 e. The molecule has 0 atom stereocenters. The Labute approximate surface area is 94.1 Å². The lowest BCUT2D eigenvalue weighted by Gasteiger charge is -2.09. The van der Waals surface area contributed by atoms with Crippen molar-refractivity contribution in [2.24, 2.45) is 5.10 Å². The largest absolute Gasteiger partial charge is 0.463 e. The first kappa shape index (κ1) is 10.9. The molecule has 1 aliphatic rings. The van der Waals surface area contributed by atoms with Crippen molar-refractivity contribution < 1.29 is 14.1 Å². The van der Waals surface area contributed by atoms with Crippen LogP contribution in [0.4, 0.5) is 0 Å². The molecule has 1 aromatic rings. The van der Waals surface area contributed by atoms with Crippen LogP contribution in [0.3, 0.4) is 0 Å². The molecular formula is C11H16N3O2+. The number of nitrogens with one attached hydrogen (secondary N) is 2. The molecule has 0 saturated carbocycles. The van der Waals surface area contributed by atoms with E-state index in [-0.39, 0.29) is 5.91 Å². The third kappa shape index (κ3) is 3.20. The van der Waals surface area contributed by atoms with Crippen LogP contribution in [0.15, 0.2) is 27.9 Å². The number of amides is 1. The number of furan rings is 1. The fourth-order valence-corrected chi connectivity index (χ4v) is 1.85. The van der Waals surface area contributed by atoms with Gasteiger partial charge in [0.05, 0.1) is 25.6 Å². The fourth-order valence-electron chi connectivity index (χ4n) is 1.85. The number of rotatable bonds is 4. The van der Waals surface area contributed by atoms with E-state index >= 15 is 0 Å². The van der Waals surface area contributed by atoms with Gasteiger partial charge in [0.2, 0.25) is 0 Å². The van der Waals surface area contributed by atoms with Crippen molar-refractivity contribution in [2.45, 2.75) is 12.8 Å². The van der Waals surface area contributed by atoms with Gasteiger partial charge in [-0.05, 0) is 12.1 Å². The average Bonchev–Trinajstić information content (AvgIpc) is 2.90. The van der Waals surface area contributed by atoms with Crippen LogP contribution in [-0.4, -0.2) is 31.8 Å². The number of carbonyl (C=O) groups excluding carboxylic acids is 1. The Hall–Kier alpha value is -1.62. The van der Waals surface area contributed by atoms with Crippen LogP contribution in [0.1, 0.15) is 18.6 Å². The normalized spacial score (nSPS) is 17.0. The van der Waals surface area contributed by atoms with E-state index in [4.69, 9.17) is 4.42 Å². The van der Waals surface area contributed by atoms with Crippen molar-refractivity contribution >= 4 is 12.1 Å². The lowest BCUT2D eigenvalue weighted by atomic mass is 10.4. The van der Waals surface area contributed by atoms with E-state index < -0.39 is 0 Å². The molecule has 0 bridgehead atoms. The molecule has 1 aliphatic heterocycles. The van der Waals surface area contributed by atoms with E-state index in [9.17, 15) is 4.79 Å². The standard InChI is InChI=1S/C11H15N3O2/c15-11(9-14-5-1-2-6-14)13-12-8-10-4-3-7-16-10/h3-4,7-8H,1-2,5-6,9H2,(H,13,15)/p+1/b12-8-. The zero-order valence-electron chi connectivity index (χ0n) is 9.11. The van der Waals surface area contributed by atoms with E-state index in [0.717, 1.165) is 13.1 Å². The van der Waals surface area contributed by atoms with Gasteiger partial charge in [0.15, 0.2) is 6.54 Å². The third-order valence-electron chi connectivity index (χ3n) is 2.65. The molecule has 16 heavy (non-hydrogen) atoms. The van der Waals surface area contributed by atoms with Gasteiger partial charge < -0.3 is 9.32 Å². The van der Waals surface area contributed by atoms with Crippen LogP contribution in [0.25, 0.3) is 0 Å². The van der Waals surface area contributed by atoms with E-state index in [0.29, 0.717) is 12.3 Å². The quantitative estimate of drug-likeness (QED) is 0.528. The summed E-state index contributed by atoms with van der Waals surface area (Å²) < 4.78 is 5.04. The zero-order valence-corrected chi connectivity index (χ0v) is 9.11. The number of carbonyl (C=O) groups is 1. The third-order valence-corrected chi connectivity index (χ3v) is 2.65. The molecule has 2 rings (SSSR count). The summed E-state index contributed by atoms with van der Waals surface area (Å²) >= 11 is 0. The lowest BCUT2D eigenvalue weighted by molar-refractivity contribution is -0.879. The number of nitrogens with zero attached hydrogens (tertiary/aromatic N) is 1. The summed E-state index contributed by atoms with van der Waals surface area (Å²) in [5.74, 6) is 0.591. The second-order valence-electron chi connectivity index (χ2n) is 3.94. The van der Waals surface area contributed by atoms with Crippen LogP contribution in [-0.2, 0) is 4.79 Å². The first-order valence-electron chi connectivity index (χ1n) is 5.53. The zero-order chi connectivity index (χ0) is 11.2. The number of hydrazone groups is 1. The minimum Gasteiger partial charge on any atom is -0.463 e. The molecule has 0 radical (unpaired) electrons. The molecular weight excluding hydrogens is 206 g/mol. The Bertz CT molecular complexity index is 353. The van der Waals surface area contributed by atoms with Crippen LogP contribution < -0.4 is 10.3 Å². The molecule has 86 valence electrons. The maximum atomic E-state index is 11.5. The summed E-state index contributed by atoms with van der Waals surface area (Å²) in [5.41, 5.74) is 2.50. The predicted octanol–water partition coefficient (Wildman–Crippen LogP) is -0.592. The van der Waals surface area contributed by atoms with Gasteiger partial charge >= 0.3 is 0 Å². The van der Waals surface area contributed by atoms with Gasteiger partial charge in [-0.2, -0.15) is 5.10 Å². The average molecular weight is 222 g/mol. The van der Waals surface area contributed by atoms with Gasteiger partial charge in [0, 0.05) is 12.8 Å². The summed E-state index contributed by atoms with van der Waals surface area (Å²) in [4.78, 5) is 12.8. The molecule has 0 aromatic carbocycles. The Morgan fingerprint density at radius 1 is 1.56 bits per heavy atom. The first-order valence-corrected chi connectivity index (χ1v) is 5.53. The molecule has 5 heteroatoms.